The van der Waals surface area contributed by atoms with E-state index in [0.29, 0.717) is 12.0 Å². The molecule has 0 aromatic carbocycles. The second-order valence-electron chi connectivity index (χ2n) is 4.84. The zero-order chi connectivity index (χ0) is 13.7. The molecule has 0 radical (unpaired) electrons. The maximum atomic E-state index is 12.5. The monoisotopic (exact) mass is 263 g/mol. The van der Waals surface area contributed by atoms with Gasteiger partial charge in [0, 0.05) is 32.4 Å². The first-order valence-corrected chi connectivity index (χ1v) is 6.82. The Kier molecular flexibility index (Phi) is 4.74. The van der Waals surface area contributed by atoms with Gasteiger partial charge in [0.25, 0.3) is 5.91 Å². The highest BCUT2D eigenvalue weighted by Crippen LogP contribution is 2.21. The van der Waals surface area contributed by atoms with E-state index in [2.05, 4.69) is 10.3 Å². The summed E-state index contributed by atoms with van der Waals surface area (Å²) >= 11 is 0. The summed E-state index contributed by atoms with van der Waals surface area (Å²) in [6.07, 6.45) is 5.42. The van der Waals surface area contributed by atoms with Crippen LogP contribution in [0.5, 0.6) is 0 Å². The maximum absolute atomic E-state index is 12.5. The summed E-state index contributed by atoms with van der Waals surface area (Å²) in [6, 6.07) is 3.76. The molecule has 1 amide bonds. The molecule has 1 aliphatic heterocycles. The number of hydrogen-bond acceptors (Lipinski definition) is 4. The zero-order valence-electron chi connectivity index (χ0n) is 11.3. The average molecular weight is 263 g/mol. The lowest BCUT2D eigenvalue weighted by Crippen LogP contribution is -2.44. The van der Waals surface area contributed by atoms with Crippen LogP contribution >= 0.6 is 0 Å². The van der Waals surface area contributed by atoms with Crippen molar-refractivity contribution in [1.82, 2.24) is 9.88 Å². The van der Waals surface area contributed by atoms with Gasteiger partial charge in [-0.2, -0.15) is 0 Å². The minimum Gasteiger partial charge on any atom is -0.396 e. The van der Waals surface area contributed by atoms with E-state index in [0.717, 1.165) is 31.6 Å². The maximum Gasteiger partial charge on any atom is 0.255 e. The normalized spacial score (nSPS) is 19.3. The van der Waals surface area contributed by atoms with E-state index in [-0.39, 0.29) is 18.6 Å². The van der Waals surface area contributed by atoms with Gasteiger partial charge in [-0.1, -0.05) is 0 Å². The average Bonchev–Trinajstić information content (AvgIpc) is 2.47. The smallest absolute Gasteiger partial charge is 0.255 e. The lowest BCUT2D eigenvalue weighted by Gasteiger charge is -2.35. The number of aliphatic hydroxyl groups excluding tert-OH is 1. The van der Waals surface area contributed by atoms with Gasteiger partial charge in [0.2, 0.25) is 0 Å². The van der Waals surface area contributed by atoms with E-state index in [1.807, 2.05) is 4.90 Å². The molecule has 2 heterocycles. The number of anilines is 1. The fraction of sp³-hybridized carbons (Fsp3) is 0.571. The van der Waals surface area contributed by atoms with Gasteiger partial charge in [0.1, 0.15) is 5.82 Å². The van der Waals surface area contributed by atoms with Gasteiger partial charge in [-0.05, 0) is 37.8 Å². The standard InChI is InChI=1S/C14H21N3O2/c1-15-13-6-5-11(10-16-13)14(19)17-8-3-2-4-12(17)7-9-18/h5-6,10,12,18H,2-4,7-9H2,1H3,(H,15,16). The van der Waals surface area contributed by atoms with Crippen LogP contribution in [0, 0.1) is 0 Å². The summed E-state index contributed by atoms with van der Waals surface area (Å²) in [6.45, 7) is 0.905. The Morgan fingerprint density at radius 1 is 1.53 bits per heavy atom. The van der Waals surface area contributed by atoms with E-state index in [9.17, 15) is 4.79 Å². The molecule has 2 rings (SSSR count). The van der Waals surface area contributed by atoms with E-state index in [4.69, 9.17) is 5.11 Å². The minimum absolute atomic E-state index is 0.0216. The van der Waals surface area contributed by atoms with Crippen LogP contribution in [0.25, 0.3) is 0 Å². The fourth-order valence-corrected chi connectivity index (χ4v) is 2.55. The molecule has 0 spiro atoms. The molecule has 1 fully saturated rings. The van der Waals surface area contributed by atoms with Gasteiger partial charge in [-0.25, -0.2) is 4.98 Å². The van der Waals surface area contributed by atoms with Crippen molar-refractivity contribution in [3.05, 3.63) is 23.9 Å². The van der Waals surface area contributed by atoms with Crippen molar-refractivity contribution < 1.29 is 9.90 Å². The van der Waals surface area contributed by atoms with Crippen molar-refractivity contribution in [2.24, 2.45) is 0 Å². The molecule has 1 saturated heterocycles. The summed E-state index contributed by atoms with van der Waals surface area (Å²) in [4.78, 5) is 18.5. The molecule has 0 bridgehead atoms. The number of aliphatic hydroxyl groups is 1. The van der Waals surface area contributed by atoms with E-state index >= 15 is 0 Å². The SMILES string of the molecule is CNc1ccc(C(=O)N2CCCCC2CCO)cn1. The van der Waals surface area contributed by atoms with Gasteiger partial charge >= 0.3 is 0 Å². The predicted octanol–water partition coefficient (Wildman–Crippen LogP) is 1.50. The highest BCUT2D eigenvalue weighted by atomic mass is 16.3. The first kappa shape index (κ1) is 13.8. The highest BCUT2D eigenvalue weighted by molar-refractivity contribution is 5.94. The fourth-order valence-electron chi connectivity index (χ4n) is 2.55. The first-order valence-electron chi connectivity index (χ1n) is 6.82. The summed E-state index contributed by atoms with van der Waals surface area (Å²) in [5.41, 5.74) is 0.615. The molecule has 1 atom stereocenters. The van der Waals surface area contributed by atoms with Crippen LogP contribution in [0.2, 0.25) is 0 Å². The Morgan fingerprint density at radius 2 is 2.37 bits per heavy atom. The first-order chi connectivity index (χ1) is 9.26. The van der Waals surface area contributed by atoms with Gasteiger partial charge in [0.05, 0.1) is 5.56 Å². The van der Waals surface area contributed by atoms with Crippen LogP contribution in [0.1, 0.15) is 36.0 Å². The van der Waals surface area contributed by atoms with Crippen LogP contribution in [0.4, 0.5) is 5.82 Å². The molecule has 1 aliphatic rings. The van der Waals surface area contributed by atoms with Crippen molar-refractivity contribution in [3.8, 4) is 0 Å². The number of hydrogen-bond donors (Lipinski definition) is 2. The number of pyridine rings is 1. The third-order valence-corrected chi connectivity index (χ3v) is 3.62. The van der Waals surface area contributed by atoms with Crippen molar-refractivity contribution in [2.75, 3.05) is 25.5 Å². The molecule has 2 N–H and O–H groups in total. The van der Waals surface area contributed by atoms with Crippen molar-refractivity contribution in [3.63, 3.8) is 0 Å². The number of nitrogens with zero attached hydrogens (tertiary/aromatic N) is 2. The Balaban J connectivity index is 2.11. The van der Waals surface area contributed by atoms with Gasteiger partial charge in [-0.3, -0.25) is 4.79 Å². The third-order valence-electron chi connectivity index (χ3n) is 3.62. The number of aromatic nitrogens is 1. The van der Waals surface area contributed by atoms with E-state index in [1.165, 1.54) is 0 Å². The lowest BCUT2D eigenvalue weighted by atomic mass is 9.98. The van der Waals surface area contributed by atoms with Crippen LogP contribution in [0.15, 0.2) is 18.3 Å². The molecule has 5 nitrogen and oxygen atoms in total. The van der Waals surface area contributed by atoms with Crippen molar-refractivity contribution in [1.29, 1.82) is 0 Å². The van der Waals surface area contributed by atoms with Crippen LogP contribution in [-0.2, 0) is 0 Å². The Labute approximate surface area is 113 Å². The summed E-state index contributed by atoms with van der Waals surface area (Å²) < 4.78 is 0. The van der Waals surface area contributed by atoms with E-state index in [1.54, 1.807) is 25.4 Å². The van der Waals surface area contributed by atoms with Crippen LogP contribution in [-0.4, -0.2) is 47.1 Å². The number of nitrogens with one attached hydrogen (secondary N) is 1. The minimum atomic E-state index is 0.0216. The summed E-state index contributed by atoms with van der Waals surface area (Å²) in [7, 11) is 1.80. The second kappa shape index (κ2) is 6.52. The van der Waals surface area contributed by atoms with Crippen LogP contribution < -0.4 is 5.32 Å². The molecule has 0 saturated carbocycles. The van der Waals surface area contributed by atoms with Crippen molar-refractivity contribution in [2.45, 2.75) is 31.7 Å². The number of carbonyl (C=O) groups is 1. The topological polar surface area (TPSA) is 65.5 Å². The van der Waals surface area contributed by atoms with E-state index < -0.39 is 0 Å². The predicted molar refractivity (Wildman–Crippen MR) is 74.2 cm³/mol. The molecule has 19 heavy (non-hydrogen) atoms. The number of carbonyl (C=O) groups excluding carboxylic acids is 1. The quantitative estimate of drug-likeness (QED) is 0.864. The molecule has 1 aromatic heterocycles. The number of likely N-dealkylation sites (tertiary alicyclic amines) is 1. The number of piperidine rings is 1. The van der Waals surface area contributed by atoms with Crippen molar-refractivity contribution >= 4 is 11.7 Å². The number of amides is 1. The second-order valence-corrected chi connectivity index (χ2v) is 4.84. The Bertz CT molecular complexity index is 417. The largest absolute Gasteiger partial charge is 0.396 e. The summed E-state index contributed by atoms with van der Waals surface area (Å²) in [5, 5.41) is 12.0. The van der Waals surface area contributed by atoms with Gasteiger partial charge < -0.3 is 15.3 Å². The zero-order valence-corrected chi connectivity index (χ0v) is 11.3. The lowest BCUT2D eigenvalue weighted by molar-refractivity contribution is 0.0574. The van der Waals surface area contributed by atoms with Gasteiger partial charge in [0.15, 0.2) is 0 Å². The number of rotatable bonds is 4. The molecule has 0 aliphatic carbocycles. The molecular weight excluding hydrogens is 242 g/mol. The molecule has 1 unspecified atom stereocenters. The third kappa shape index (κ3) is 3.23. The van der Waals surface area contributed by atoms with Gasteiger partial charge in [-0.15, -0.1) is 0 Å². The molecule has 5 heteroatoms. The molecule has 104 valence electrons. The Morgan fingerprint density at radius 3 is 3.00 bits per heavy atom. The summed E-state index contributed by atoms with van der Waals surface area (Å²) in [5.74, 6) is 0.774. The molecule has 1 aromatic rings. The Hall–Kier alpha value is -1.62. The van der Waals surface area contributed by atoms with Crippen LogP contribution in [0.3, 0.4) is 0 Å². The highest BCUT2D eigenvalue weighted by Gasteiger charge is 2.27. The molecular formula is C14H21N3O2.